The summed E-state index contributed by atoms with van der Waals surface area (Å²) in [6, 6.07) is 0. The van der Waals surface area contributed by atoms with Gasteiger partial charge in [0.2, 0.25) is 0 Å². The van der Waals surface area contributed by atoms with Crippen molar-refractivity contribution >= 4 is 0 Å². The van der Waals surface area contributed by atoms with Crippen molar-refractivity contribution in [1.29, 1.82) is 0 Å². The Bertz CT molecular complexity index is 167. The van der Waals surface area contributed by atoms with Gasteiger partial charge in [0.1, 0.15) is 0 Å². The third kappa shape index (κ3) is 1.50. The summed E-state index contributed by atoms with van der Waals surface area (Å²) in [5, 5.41) is 4.68. The molecule has 0 N–H and O–H groups in total. The third-order valence-corrected chi connectivity index (χ3v) is 4.48. The van der Waals surface area contributed by atoms with Gasteiger partial charge < -0.3 is 5.32 Å². The van der Waals surface area contributed by atoms with E-state index < -0.39 is 0 Å². The topological polar surface area (TPSA) is 14.1 Å². The molecule has 0 radical (unpaired) electrons. The van der Waals surface area contributed by atoms with Crippen LogP contribution in [0.2, 0.25) is 0 Å². The normalized spacial score (nSPS) is 51.9. The largest absolute Gasteiger partial charge is 1.00 e. The van der Waals surface area contributed by atoms with Crippen molar-refractivity contribution in [1.82, 2.24) is 0 Å². The average molecular weight is 171 g/mol. The van der Waals surface area contributed by atoms with Crippen molar-refractivity contribution in [2.75, 3.05) is 7.05 Å². The Kier molecular flexibility index (Phi) is 2.56. The molecule has 1 nitrogen and oxygen atoms in total. The van der Waals surface area contributed by atoms with Crippen LogP contribution in [0.1, 0.15) is 38.5 Å². The second kappa shape index (κ2) is 3.30. The molecule has 0 aliphatic heterocycles. The number of hydrogen-bond donors (Lipinski definition) is 0. The molecule has 0 atom stereocenters. The van der Waals surface area contributed by atoms with Crippen LogP contribution in [0, 0.1) is 17.8 Å². The van der Waals surface area contributed by atoms with Crippen LogP contribution in [0.15, 0.2) is 0 Å². The van der Waals surface area contributed by atoms with Gasteiger partial charge in [-0.05, 0) is 37.0 Å². The molecule has 0 amide bonds. The van der Waals surface area contributed by atoms with Crippen molar-refractivity contribution < 1.29 is 18.9 Å². The first-order valence-corrected chi connectivity index (χ1v) is 5.41. The second-order valence-electron chi connectivity index (χ2n) is 5.37. The zero-order valence-electron chi connectivity index (χ0n) is 8.92. The van der Waals surface area contributed by atoms with E-state index in [4.69, 9.17) is 0 Å². The summed E-state index contributed by atoms with van der Waals surface area (Å²) in [6.07, 6.45) is 8.89. The van der Waals surface area contributed by atoms with E-state index in [0.29, 0.717) is 5.54 Å². The van der Waals surface area contributed by atoms with Crippen LogP contribution in [0.25, 0.3) is 5.32 Å². The first kappa shape index (κ1) is 10.1. The Hall–Kier alpha value is 0.557. The predicted octanol–water partition coefficient (Wildman–Crippen LogP) is -0.0373. The molecule has 0 spiro atoms. The van der Waals surface area contributed by atoms with Gasteiger partial charge in [-0.1, -0.05) is 19.3 Å². The summed E-state index contributed by atoms with van der Waals surface area (Å²) >= 11 is 0. The Morgan fingerprint density at radius 3 is 1.62 bits per heavy atom. The van der Waals surface area contributed by atoms with Gasteiger partial charge >= 0.3 is 18.9 Å². The fourth-order valence-corrected chi connectivity index (χ4v) is 4.34. The second-order valence-corrected chi connectivity index (χ2v) is 5.37. The van der Waals surface area contributed by atoms with Crippen molar-refractivity contribution in [2.45, 2.75) is 44.1 Å². The van der Waals surface area contributed by atoms with Gasteiger partial charge in [0.15, 0.2) is 0 Å². The summed E-state index contributed by atoms with van der Waals surface area (Å²) in [4.78, 5) is 0. The van der Waals surface area contributed by atoms with Crippen LogP contribution in [0.3, 0.4) is 0 Å². The van der Waals surface area contributed by atoms with Crippen LogP contribution in [-0.4, -0.2) is 12.6 Å². The van der Waals surface area contributed by atoms with Crippen LogP contribution < -0.4 is 18.9 Å². The quantitative estimate of drug-likeness (QED) is 0.492. The average Bonchev–Trinajstić information content (AvgIpc) is 2.02. The van der Waals surface area contributed by atoms with Crippen molar-refractivity contribution in [3.8, 4) is 0 Å². The Balaban J connectivity index is 0.000000653. The standard InChI is InChI=1S/C11H18N.Li/c1-12-11-5-8-2-9(6-11)4-10(3-8)7-11;/h8-10H,2-7H2,1H3;/q-1;+1. The molecule has 4 bridgehead atoms. The first-order valence-electron chi connectivity index (χ1n) is 5.41. The van der Waals surface area contributed by atoms with Crippen LogP contribution in [-0.2, 0) is 0 Å². The zero-order valence-corrected chi connectivity index (χ0v) is 8.92. The molecular weight excluding hydrogens is 153 g/mol. The maximum atomic E-state index is 4.68. The van der Waals surface area contributed by atoms with E-state index in [9.17, 15) is 0 Å². The Morgan fingerprint density at radius 1 is 0.923 bits per heavy atom. The van der Waals surface area contributed by atoms with E-state index in [1.165, 1.54) is 38.5 Å². The molecule has 4 aliphatic carbocycles. The molecular formula is C11H18LiN. The Labute approximate surface area is 93.2 Å². The smallest absolute Gasteiger partial charge is 0.659 e. The van der Waals surface area contributed by atoms with E-state index in [-0.39, 0.29) is 18.9 Å². The monoisotopic (exact) mass is 171 g/mol. The predicted molar refractivity (Wildman–Crippen MR) is 50.2 cm³/mol. The van der Waals surface area contributed by atoms with Crippen LogP contribution >= 0.6 is 0 Å². The summed E-state index contributed by atoms with van der Waals surface area (Å²) in [5.74, 6) is 3.17. The zero-order chi connectivity index (χ0) is 8.18. The molecule has 4 aliphatic rings. The molecule has 13 heavy (non-hydrogen) atoms. The van der Waals surface area contributed by atoms with Gasteiger partial charge in [-0.15, -0.1) is 5.54 Å². The van der Waals surface area contributed by atoms with Crippen molar-refractivity contribution in [3.63, 3.8) is 0 Å². The summed E-state index contributed by atoms with van der Waals surface area (Å²) in [5.41, 5.74) is 0.467. The van der Waals surface area contributed by atoms with E-state index in [1.54, 1.807) is 0 Å². The van der Waals surface area contributed by atoms with E-state index in [2.05, 4.69) is 5.32 Å². The molecule has 2 heteroatoms. The molecule has 0 saturated heterocycles. The van der Waals surface area contributed by atoms with Gasteiger partial charge in [-0.3, -0.25) is 0 Å². The van der Waals surface area contributed by atoms with Gasteiger partial charge in [-0.25, -0.2) is 0 Å². The molecule has 0 heterocycles. The molecule has 4 fully saturated rings. The van der Waals surface area contributed by atoms with Crippen molar-refractivity contribution in [3.05, 3.63) is 5.32 Å². The summed E-state index contributed by atoms with van der Waals surface area (Å²) in [6.45, 7) is 0. The minimum Gasteiger partial charge on any atom is -0.659 e. The third-order valence-electron chi connectivity index (χ3n) is 4.48. The maximum absolute atomic E-state index is 4.68. The van der Waals surface area contributed by atoms with Crippen molar-refractivity contribution in [2.24, 2.45) is 17.8 Å². The first-order chi connectivity index (χ1) is 5.80. The molecule has 0 aromatic heterocycles. The molecule has 0 aromatic carbocycles. The molecule has 68 valence electrons. The molecule has 4 rings (SSSR count). The van der Waals surface area contributed by atoms with E-state index in [1.807, 2.05) is 7.05 Å². The van der Waals surface area contributed by atoms with Crippen LogP contribution in [0.5, 0.6) is 0 Å². The maximum Gasteiger partial charge on any atom is 1.00 e. The summed E-state index contributed by atoms with van der Waals surface area (Å²) in [7, 11) is 2.05. The minimum atomic E-state index is 0. The SMILES string of the molecule is C[N-]C12CC3CC(CC(C3)C1)C2.[Li+]. The van der Waals surface area contributed by atoms with E-state index >= 15 is 0 Å². The molecule has 0 unspecified atom stereocenters. The number of rotatable bonds is 1. The minimum absolute atomic E-state index is 0. The van der Waals surface area contributed by atoms with Gasteiger partial charge in [0.25, 0.3) is 0 Å². The van der Waals surface area contributed by atoms with Gasteiger partial charge in [0.05, 0.1) is 0 Å². The fraction of sp³-hybridized carbons (Fsp3) is 1.00. The number of nitrogens with zero attached hydrogens (tertiary/aromatic N) is 1. The Morgan fingerprint density at radius 2 is 1.31 bits per heavy atom. The molecule has 0 aromatic rings. The summed E-state index contributed by atoms with van der Waals surface area (Å²) < 4.78 is 0. The van der Waals surface area contributed by atoms with Crippen LogP contribution in [0.4, 0.5) is 0 Å². The van der Waals surface area contributed by atoms with E-state index in [0.717, 1.165) is 17.8 Å². The number of hydrogen-bond acceptors (Lipinski definition) is 0. The van der Waals surface area contributed by atoms with Gasteiger partial charge in [-0.2, -0.15) is 7.05 Å². The molecule has 4 saturated carbocycles. The fourth-order valence-electron chi connectivity index (χ4n) is 4.34. The van der Waals surface area contributed by atoms with Gasteiger partial charge in [0, 0.05) is 0 Å².